The van der Waals surface area contributed by atoms with Crippen molar-refractivity contribution in [3.05, 3.63) is 111 Å². The highest BCUT2D eigenvalue weighted by Crippen LogP contribution is 2.32. The number of nitro benzene ring substituents is 1. The van der Waals surface area contributed by atoms with Crippen LogP contribution in [0.5, 0.6) is 11.5 Å². The molecule has 39 heavy (non-hydrogen) atoms. The van der Waals surface area contributed by atoms with Crippen LogP contribution in [-0.2, 0) is 4.79 Å². The standard InChI is InChI=1S/C29H20ClN3O6/c1-2-38-27-15-18(14-20(17-31)28(34)32-24-12-11-21(30)16-25(24)33(36)37)10-13-26(27)39-29(35)23-9-5-7-19-6-3-4-8-22(19)23/h3-16H,2H2,1H3,(H,32,34)/b20-14+. The van der Waals surface area contributed by atoms with Crippen LogP contribution in [0.25, 0.3) is 16.8 Å². The number of nitrogens with zero attached hydrogens (tertiary/aromatic N) is 2. The van der Waals surface area contributed by atoms with Crippen LogP contribution >= 0.6 is 11.6 Å². The van der Waals surface area contributed by atoms with Gasteiger partial charge in [-0.05, 0) is 59.7 Å². The number of carbonyl (C=O) groups is 2. The Morgan fingerprint density at radius 3 is 2.56 bits per heavy atom. The van der Waals surface area contributed by atoms with E-state index in [1.54, 1.807) is 31.2 Å². The summed E-state index contributed by atoms with van der Waals surface area (Å²) in [6.07, 6.45) is 1.29. The fraction of sp³-hybridized carbons (Fsp3) is 0.0690. The second-order valence-electron chi connectivity index (χ2n) is 8.10. The molecule has 0 radical (unpaired) electrons. The van der Waals surface area contributed by atoms with Crippen LogP contribution < -0.4 is 14.8 Å². The molecule has 0 atom stereocenters. The summed E-state index contributed by atoms with van der Waals surface area (Å²) in [7, 11) is 0. The Hall–Kier alpha value is -5.20. The van der Waals surface area contributed by atoms with E-state index in [9.17, 15) is 25.0 Å². The predicted molar refractivity (Wildman–Crippen MR) is 147 cm³/mol. The van der Waals surface area contributed by atoms with E-state index in [1.807, 2.05) is 30.3 Å². The number of hydrogen-bond acceptors (Lipinski definition) is 7. The number of carbonyl (C=O) groups excluding carboxylic acids is 2. The van der Waals surface area contributed by atoms with Gasteiger partial charge in [-0.25, -0.2) is 4.79 Å². The van der Waals surface area contributed by atoms with Crippen molar-refractivity contribution in [3.63, 3.8) is 0 Å². The number of ether oxygens (including phenoxy) is 2. The van der Waals surface area contributed by atoms with Gasteiger partial charge in [0.25, 0.3) is 11.6 Å². The minimum Gasteiger partial charge on any atom is -0.490 e. The highest BCUT2D eigenvalue weighted by molar-refractivity contribution is 6.31. The molecule has 0 aliphatic heterocycles. The molecule has 0 aliphatic rings. The fourth-order valence-corrected chi connectivity index (χ4v) is 3.96. The first kappa shape index (κ1) is 26.9. The normalized spacial score (nSPS) is 10.9. The summed E-state index contributed by atoms with van der Waals surface area (Å²) < 4.78 is 11.3. The van der Waals surface area contributed by atoms with Crippen LogP contribution in [0.3, 0.4) is 0 Å². The number of rotatable bonds is 8. The fourth-order valence-electron chi connectivity index (χ4n) is 3.79. The molecule has 4 rings (SSSR count). The Kier molecular flexibility index (Phi) is 8.19. The van der Waals surface area contributed by atoms with Gasteiger partial charge in [-0.2, -0.15) is 5.26 Å². The lowest BCUT2D eigenvalue weighted by Gasteiger charge is -2.12. The van der Waals surface area contributed by atoms with Crippen molar-refractivity contribution in [2.45, 2.75) is 6.92 Å². The number of fused-ring (bicyclic) bond motifs is 1. The quantitative estimate of drug-likeness (QED) is 0.0666. The van der Waals surface area contributed by atoms with Gasteiger partial charge in [-0.1, -0.05) is 54.1 Å². The number of nitrogens with one attached hydrogen (secondary N) is 1. The van der Waals surface area contributed by atoms with E-state index in [0.717, 1.165) is 16.8 Å². The van der Waals surface area contributed by atoms with Crippen molar-refractivity contribution in [2.75, 3.05) is 11.9 Å². The minimum atomic E-state index is -0.854. The number of halogens is 1. The van der Waals surface area contributed by atoms with E-state index < -0.39 is 22.5 Å². The largest absolute Gasteiger partial charge is 0.490 e. The van der Waals surface area contributed by atoms with E-state index in [2.05, 4.69) is 5.32 Å². The first-order valence-electron chi connectivity index (χ1n) is 11.6. The monoisotopic (exact) mass is 541 g/mol. The molecule has 10 heteroatoms. The molecule has 1 amide bonds. The van der Waals surface area contributed by atoms with Crippen molar-refractivity contribution in [3.8, 4) is 17.6 Å². The van der Waals surface area contributed by atoms with Crippen LogP contribution in [0.2, 0.25) is 5.02 Å². The van der Waals surface area contributed by atoms with Crippen LogP contribution in [-0.4, -0.2) is 23.4 Å². The first-order valence-corrected chi connectivity index (χ1v) is 12.0. The molecule has 0 heterocycles. The van der Waals surface area contributed by atoms with Gasteiger partial charge in [0.2, 0.25) is 0 Å². The Bertz CT molecular complexity index is 1670. The highest BCUT2D eigenvalue weighted by Gasteiger charge is 2.20. The third kappa shape index (κ3) is 6.21. The molecule has 0 aromatic heterocycles. The summed E-state index contributed by atoms with van der Waals surface area (Å²) in [5, 5.41) is 25.0. The van der Waals surface area contributed by atoms with Crippen LogP contribution in [0.4, 0.5) is 11.4 Å². The number of nitro groups is 1. The van der Waals surface area contributed by atoms with Gasteiger partial charge in [0.05, 0.1) is 17.1 Å². The number of nitriles is 1. The van der Waals surface area contributed by atoms with Crippen LogP contribution in [0.15, 0.2) is 84.4 Å². The van der Waals surface area contributed by atoms with Crippen molar-refractivity contribution in [2.24, 2.45) is 0 Å². The molecule has 4 aromatic rings. The summed E-state index contributed by atoms with van der Waals surface area (Å²) in [6.45, 7) is 2.02. The second-order valence-corrected chi connectivity index (χ2v) is 8.53. The third-order valence-electron chi connectivity index (χ3n) is 5.56. The number of esters is 1. The molecule has 0 unspecified atom stereocenters. The average Bonchev–Trinajstić information content (AvgIpc) is 2.93. The molecule has 0 saturated carbocycles. The topological polar surface area (TPSA) is 132 Å². The molecule has 0 fully saturated rings. The van der Waals surface area contributed by atoms with E-state index in [0.29, 0.717) is 11.1 Å². The Morgan fingerprint density at radius 1 is 1.05 bits per heavy atom. The van der Waals surface area contributed by atoms with Gasteiger partial charge in [-0.3, -0.25) is 14.9 Å². The van der Waals surface area contributed by atoms with Crippen molar-refractivity contribution < 1.29 is 24.0 Å². The van der Waals surface area contributed by atoms with Crippen molar-refractivity contribution >= 4 is 51.7 Å². The molecular formula is C29H20ClN3O6. The number of hydrogen-bond donors (Lipinski definition) is 1. The number of amides is 1. The predicted octanol–water partition coefficient (Wildman–Crippen LogP) is 6.56. The molecule has 0 bridgehead atoms. The first-order chi connectivity index (χ1) is 18.8. The van der Waals surface area contributed by atoms with E-state index in [4.69, 9.17) is 21.1 Å². The SMILES string of the molecule is CCOc1cc(/C=C(\C#N)C(=O)Nc2ccc(Cl)cc2[N+](=O)[O-])ccc1OC(=O)c1cccc2ccccc12. The van der Waals surface area contributed by atoms with Gasteiger partial charge in [0.15, 0.2) is 11.5 Å². The smallest absolute Gasteiger partial charge is 0.344 e. The Labute approximate surface area is 228 Å². The Balaban J connectivity index is 1.60. The van der Waals surface area contributed by atoms with Gasteiger partial charge in [0.1, 0.15) is 17.3 Å². The summed E-state index contributed by atoms with van der Waals surface area (Å²) in [5.41, 5.74) is -0.0486. The Morgan fingerprint density at radius 2 is 1.82 bits per heavy atom. The van der Waals surface area contributed by atoms with E-state index >= 15 is 0 Å². The highest BCUT2D eigenvalue weighted by atomic mass is 35.5. The zero-order valence-corrected chi connectivity index (χ0v) is 21.3. The molecular weight excluding hydrogens is 522 g/mol. The molecule has 0 aliphatic carbocycles. The summed E-state index contributed by atoms with van der Waals surface area (Å²) in [6, 6.07) is 22.9. The lowest BCUT2D eigenvalue weighted by Crippen LogP contribution is -2.14. The lowest BCUT2D eigenvalue weighted by atomic mass is 10.0. The summed E-state index contributed by atoms with van der Waals surface area (Å²) >= 11 is 5.82. The van der Waals surface area contributed by atoms with Gasteiger partial charge in [-0.15, -0.1) is 0 Å². The van der Waals surface area contributed by atoms with Gasteiger partial charge >= 0.3 is 5.97 Å². The average molecular weight is 542 g/mol. The maximum atomic E-state index is 13.0. The minimum absolute atomic E-state index is 0.110. The lowest BCUT2D eigenvalue weighted by molar-refractivity contribution is -0.383. The maximum absolute atomic E-state index is 13.0. The number of anilines is 1. The molecule has 4 aromatic carbocycles. The van der Waals surface area contributed by atoms with Crippen LogP contribution in [0.1, 0.15) is 22.8 Å². The molecule has 0 saturated heterocycles. The molecule has 194 valence electrons. The molecule has 9 nitrogen and oxygen atoms in total. The van der Waals surface area contributed by atoms with E-state index in [1.165, 1.54) is 30.3 Å². The summed E-state index contributed by atoms with van der Waals surface area (Å²) in [5.74, 6) is -1.04. The summed E-state index contributed by atoms with van der Waals surface area (Å²) in [4.78, 5) is 36.4. The van der Waals surface area contributed by atoms with E-state index in [-0.39, 0.29) is 34.4 Å². The zero-order valence-electron chi connectivity index (χ0n) is 20.5. The number of benzene rings is 4. The van der Waals surface area contributed by atoms with Gasteiger partial charge in [0, 0.05) is 11.1 Å². The van der Waals surface area contributed by atoms with Crippen molar-refractivity contribution in [1.82, 2.24) is 0 Å². The maximum Gasteiger partial charge on any atom is 0.344 e. The third-order valence-corrected chi connectivity index (χ3v) is 5.80. The van der Waals surface area contributed by atoms with Crippen LogP contribution in [0, 0.1) is 21.4 Å². The zero-order chi connectivity index (χ0) is 27.9. The second kappa shape index (κ2) is 11.9. The molecule has 1 N–H and O–H groups in total. The molecule has 0 spiro atoms. The van der Waals surface area contributed by atoms with Gasteiger partial charge < -0.3 is 14.8 Å². The van der Waals surface area contributed by atoms with Crippen molar-refractivity contribution in [1.29, 1.82) is 5.26 Å².